The fourth-order valence-corrected chi connectivity index (χ4v) is 2.02. The van der Waals surface area contributed by atoms with Crippen molar-refractivity contribution in [3.8, 4) is 0 Å². The molecule has 0 aliphatic carbocycles. The fraction of sp³-hybridized carbons (Fsp3) is 0.769. The lowest BCUT2D eigenvalue weighted by Crippen LogP contribution is -2.49. The molecule has 1 fully saturated rings. The number of aromatic nitrogens is 1. The summed E-state index contributed by atoms with van der Waals surface area (Å²) in [4.78, 5) is 6.79. The molecule has 0 bridgehead atoms. The van der Waals surface area contributed by atoms with Crippen molar-refractivity contribution in [2.75, 3.05) is 19.6 Å². The highest BCUT2D eigenvalue weighted by atomic mass is 16.4. The van der Waals surface area contributed by atoms with Crippen molar-refractivity contribution in [3.05, 3.63) is 17.8 Å². The normalized spacial score (nSPS) is 22.9. The van der Waals surface area contributed by atoms with Gasteiger partial charge >= 0.3 is 0 Å². The lowest BCUT2D eigenvalue weighted by atomic mass is 9.94. The third-order valence-electron chi connectivity index (χ3n) is 3.27. The summed E-state index contributed by atoms with van der Waals surface area (Å²) in [7, 11) is 0. The second-order valence-corrected chi connectivity index (χ2v) is 5.89. The Bertz CT molecular complexity index is 367. The van der Waals surface area contributed by atoms with Gasteiger partial charge in [0.1, 0.15) is 5.76 Å². The van der Waals surface area contributed by atoms with Crippen molar-refractivity contribution in [1.82, 2.24) is 15.2 Å². The zero-order valence-corrected chi connectivity index (χ0v) is 11.3. The van der Waals surface area contributed by atoms with E-state index in [-0.39, 0.29) is 5.41 Å². The van der Waals surface area contributed by atoms with Gasteiger partial charge in [-0.25, -0.2) is 4.98 Å². The first-order chi connectivity index (χ1) is 7.97. The number of hydrogen-bond donors (Lipinski definition) is 1. The minimum absolute atomic E-state index is 0.0420. The average molecular weight is 237 g/mol. The Morgan fingerprint density at radius 3 is 2.88 bits per heavy atom. The molecule has 1 aromatic rings. The van der Waals surface area contributed by atoms with Gasteiger partial charge < -0.3 is 9.73 Å². The van der Waals surface area contributed by atoms with Gasteiger partial charge in [0.15, 0.2) is 0 Å². The summed E-state index contributed by atoms with van der Waals surface area (Å²) in [6.45, 7) is 12.7. The molecule has 0 amide bonds. The summed E-state index contributed by atoms with van der Waals surface area (Å²) >= 11 is 0. The minimum Gasteiger partial charge on any atom is -0.444 e. The number of oxazole rings is 1. The molecule has 4 heteroatoms. The molecule has 96 valence electrons. The number of nitrogens with one attached hydrogen (secondary N) is 1. The molecule has 0 unspecified atom stereocenters. The van der Waals surface area contributed by atoms with Crippen LogP contribution in [-0.4, -0.2) is 35.6 Å². The molecule has 1 saturated heterocycles. The van der Waals surface area contributed by atoms with Crippen molar-refractivity contribution in [3.63, 3.8) is 0 Å². The Hall–Kier alpha value is -0.870. The summed E-state index contributed by atoms with van der Waals surface area (Å²) in [5, 5.41) is 3.39. The smallest absolute Gasteiger partial charge is 0.208 e. The first-order valence-corrected chi connectivity index (χ1v) is 6.37. The second-order valence-electron chi connectivity index (χ2n) is 5.89. The Kier molecular flexibility index (Phi) is 3.54. The van der Waals surface area contributed by atoms with Crippen LogP contribution in [0.2, 0.25) is 0 Å². The highest BCUT2D eigenvalue weighted by molar-refractivity contribution is 5.06. The van der Waals surface area contributed by atoms with Gasteiger partial charge in [-0.3, -0.25) is 4.90 Å². The van der Waals surface area contributed by atoms with Gasteiger partial charge in [-0.2, -0.15) is 0 Å². The predicted molar refractivity (Wildman–Crippen MR) is 67.9 cm³/mol. The van der Waals surface area contributed by atoms with E-state index in [0.29, 0.717) is 6.04 Å². The molecule has 0 radical (unpaired) electrons. The van der Waals surface area contributed by atoms with Crippen LogP contribution in [0.25, 0.3) is 0 Å². The van der Waals surface area contributed by atoms with E-state index in [4.69, 9.17) is 4.42 Å². The molecule has 1 aliphatic heterocycles. The highest BCUT2D eigenvalue weighted by Gasteiger charge is 2.22. The van der Waals surface area contributed by atoms with Crippen molar-refractivity contribution in [2.24, 2.45) is 0 Å². The maximum atomic E-state index is 5.83. The number of hydrogen-bond acceptors (Lipinski definition) is 4. The fourth-order valence-electron chi connectivity index (χ4n) is 2.02. The van der Waals surface area contributed by atoms with Crippen molar-refractivity contribution < 1.29 is 4.42 Å². The lowest BCUT2D eigenvalue weighted by molar-refractivity contribution is 0.149. The highest BCUT2D eigenvalue weighted by Crippen LogP contribution is 2.23. The third kappa shape index (κ3) is 3.07. The quantitative estimate of drug-likeness (QED) is 0.851. The lowest BCUT2D eigenvalue weighted by Gasteiger charge is -2.32. The molecular weight excluding hydrogens is 214 g/mol. The van der Waals surface area contributed by atoms with Crippen LogP contribution >= 0.6 is 0 Å². The average Bonchev–Trinajstić information content (AvgIpc) is 2.69. The van der Waals surface area contributed by atoms with Crippen LogP contribution in [0.3, 0.4) is 0 Å². The Morgan fingerprint density at radius 2 is 2.29 bits per heavy atom. The minimum atomic E-state index is 0.0420. The molecule has 1 atom stereocenters. The van der Waals surface area contributed by atoms with Gasteiger partial charge in [0.05, 0.1) is 12.7 Å². The van der Waals surface area contributed by atoms with E-state index in [0.717, 1.165) is 37.8 Å². The van der Waals surface area contributed by atoms with Crippen molar-refractivity contribution in [2.45, 2.75) is 45.7 Å². The van der Waals surface area contributed by atoms with Crippen LogP contribution < -0.4 is 5.32 Å². The molecular formula is C13H23N3O. The first kappa shape index (κ1) is 12.6. The Balaban J connectivity index is 2.01. The maximum absolute atomic E-state index is 5.83. The van der Waals surface area contributed by atoms with Gasteiger partial charge in [0, 0.05) is 31.1 Å². The van der Waals surface area contributed by atoms with E-state index < -0.39 is 0 Å². The van der Waals surface area contributed by atoms with Crippen molar-refractivity contribution >= 4 is 0 Å². The summed E-state index contributed by atoms with van der Waals surface area (Å²) in [6, 6.07) is 0.550. The van der Waals surface area contributed by atoms with E-state index in [2.05, 4.69) is 42.9 Å². The zero-order chi connectivity index (χ0) is 12.5. The molecule has 2 rings (SSSR count). The van der Waals surface area contributed by atoms with Gasteiger partial charge in [-0.15, -0.1) is 0 Å². The third-order valence-corrected chi connectivity index (χ3v) is 3.27. The van der Waals surface area contributed by atoms with Crippen LogP contribution in [0.1, 0.15) is 39.3 Å². The molecule has 1 aromatic heterocycles. The van der Waals surface area contributed by atoms with Gasteiger partial charge in [0.2, 0.25) is 5.89 Å². The van der Waals surface area contributed by atoms with E-state index in [1.165, 1.54) is 0 Å². The number of rotatable bonds is 2. The Labute approximate surface area is 103 Å². The van der Waals surface area contributed by atoms with Gasteiger partial charge in [-0.05, 0) is 6.92 Å². The topological polar surface area (TPSA) is 41.3 Å². The van der Waals surface area contributed by atoms with Crippen LogP contribution in [0.4, 0.5) is 0 Å². The summed E-state index contributed by atoms with van der Waals surface area (Å²) in [5.74, 6) is 1.80. The SMILES string of the molecule is C[C@H]1CNCCN1Cc1ncc(C(C)(C)C)o1. The van der Waals surface area contributed by atoms with E-state index >= 15 is 0 Å². The van der Waals surface area contributed by atoms with E-state index in [9.17, 15) is 0 Å². The molecule has 4 nitrogen and oxygen atoms in total. The largest absolute Gasteiger partial charge is 0.444 e. The zero-order valence-electron chi connectivity index (χ0n) is 11.3. The van der Waals surface area contributed by atoms with E-state index in [1.54, 1.807) is 0 Å². The molecule has 0 saturated carbocycles. The van der Waals surface area contributed by atoms with Gasteiger partial charge in [-0.1, -0.05) is 20.8 Å². The molecule has 0 aromatic carbocycles. The van der Waals surface area contributed by atoms with Crippen LogP contribution in [0.5, 0.6) is 0 Å². The number of nitrogens with zero attached hydrogens (tertiary/aromatic N) is 2. The monoisotopic (exact) mass is 237 g/mol. The maximum Gasteiger partial charge on any atom is 0.208 e. The molecule has 17 heavy (non-hydrogen) atoms. The van der Waals surface area contributed by atoms with E-state index in [1.807, 2.05) is 6.20 Å². The number of piperazine rings is 1. The van der Waals surface area contributed by atoms with Crippen molar-refractivity contribution in [1.29, 1.82) is 0 Å². The first-order valence-electron chi connectivity index (χ1n) is 6.37. The second kappa shape index (κ2) is 4.78. The summed E-state index contributed by atoms with van der Waals surface area (Å²) in [6.07, 6.45) is 1.86. The van der Waals surface area contributed by atoms with Crippen LogP contribution in [-0.2, 0) is 12.0 Å². The van der Waals surface area contributed by atoms with Crippen LogP contribution in [0.15, 0.2) is 10.6 Å². The summed E-state index contributed by atoms with van der Waals surface area (Å²) < 4.78 is 5.83. The predicted octanol–water partition coefficient (Wildman–Crippen LogP) is 1.77. The molecule has 0 spiro atoms. The standard InChI is InChI=1S/C13H23N3O/c1-10-7-14-5-6-16(10)9-12-15-8-11(17-12)13(2,3)4/h8,10,14H,5-7,9H2,1-4H3/t10-/m0/s1. The van der Waals surface area contributed by atoms with Crippen LogP contribution in [0, 0.1) is 0 Å². The van der Waals surface area contributed by atoms with Gasteiger partial charge in [0.25, 0.3) is 0 Å². The molecule has 1 N–H and O–H groups in total. The Morgan fingerprint density at radius 1 is 1.53 bits per heavy atom. The summed E-state index contributed by atoms with van der Waals surface area (Å²) in [5.41, 5.74) is 0.0420. The molecule has 1 aliphatic rings. The molecule has 2 heterocycles.